The number of aryl methyl sites for hydroxylation is 1. The van der Waals surface area contributed by atoms with E-state index in [0.29, 0.717) is 11.3 Å². The molecule has 0 radical (unpaired) electrons. The lowest BCUT2D eigenvalue weighted by atomic mass is 10.1. The van der Waals surface area contributed by atoms with E-state index in [4.69, 9.17) is 10.00 Å². The van der Waals surface area contributed by atoms with E-state index < -0.39 is 0 Å². The van der Waals surface area contributed by atoms with Crippen molar-refractivity contribution in [3.63, 3.8) is 0 Å². The Morgan fingerprint density at radius 2 is 2.07 bits per heavy atom. The Labute approximate surface area is 91.5 Å². The van der Waals surface area contributed by atoms with Gasteiger partial charge in [0, 0.05) is 0 Å². The van der Waals surface area contributed by atoms with E-state index >= 15 is 0 Å². The average Bonchev–Trinajstić information content (AvgIpc) is 2.18. The van der Waals surface area contributed by atoms with Crippen molar-refractivity contribution in [3.8, 4) is 11.8 Å². The topological polar surface area (TPSA) is 33.0 Å². The molecule has 0 aliphatic carbocycles. The number of nitrogens with zero attached hydrogens (tertiary/aromatic N) is 1. The average molecular weight is 203 g/mol. The number of rotatable bonds is 3. The molecule has 0 saturated heterocycles. The summed E-state index contributed by atoms with van der Waals surface area (Å²) in [6, 6.07) is 7.78. The molecule has 0 atom stereocenters. The quantitative estimate of drug-likeness (QED) is 0.754. The first-order chi connectivity index (χ1) is 6.98. The number of hydrogen-bond acceptors (Lipinski definition) is 2. The summed E-state index contributed by atoms with van der Waals surface area (Å²) in [5.74, 6) is 0.685. The second-order valence-electron chi connectivity index (χ2n) is 4.33. The zero-order valence-electron chi connectivity index (χ0n) is 9.79. The molecule has 80 valence electrons. The highest BCUT2D eigenvalue weighted by molar-refractivity contribution is 5.45. The van der Waals surface area contributed by atoms with Crippen LogP contribution in [0.5, 0.6) is 5.75 Å². The zero-order chi connectivity index (χ0) is 11.5. The minimum atomic E-state index is -0.223. The van der Waals surface area contributed by atoms with Gasteiger partial charge in [0.15, 0.2) is 0 Å². The van der Waals surface area contributed by atoms with Gasteiger partial charge < -0.3 is 4.74 Å². The Kier molecular flexibility index (Phi) is 3.36. The molecule has 2 nitrogen and oxygen atoms in total. The zero-order valence-corrected chi connectivity index (χ0v) is 9.79. The molecule has 1 rings (SSSR count). The van der Waals surface area contributed by atoms with Crippen molar-refractivity contribution in [1.82, 2.24) is 0 Å². The molecule has 2 heteroatoms. The fraction of sp³-hybridized carbons (Fsp3) is 0.462. The first-order valence-electron chi connectivity index (χ1n) is 5.18. The highest BCUT2D eigenvalue weighted by Crippen LogP contribution is 2.25. The lowest BCUT2D eigenvalue weighted by molar-refractivity contribution is 0.105. The van der Waals surface area contributed by atoms with Gasteiger partial charge in [-0.3, -0.25) is 0 Å². The second-order valence-corrected chi connectivity index (χ2v) is 4.33. The Balaban J connectivity index is 3.04. The van der Waals surface area contributed by atoms with E-state index in [0.717, 1.165) is 12.0 Å². The van der Waals surface area contributed by atoms with Crippen LogP contribution in [0.1, 0.15) is 38.3 Å². The number of hydrogen-bond donors (Lipinski definition) is 0. The molecule has 0 spiro atoms. The molecule has 1 aromatic carbocycles. The minimum absolute atomic E-state index is 0.223. The SMILES string of the molecule is CCC(C)(C)Oc1cc(C)ccc1C#N. The van der Waals surface area contributed by atoms with Crippen LogP contribution in [0, 0.1) is 18.3 Å². The van der Waals surface area contributed by atoms with E-state index in [-0.39, 0.29) is 5.60 Å². The molecule has 15 heavy (non-hydrogen) atoms. The Morgan fingerprint density at radius 3 is 2.60 bits per heavy atom. The summed E-state index contributed by atoms with van der Waals surface area (Å²) in [4.78, 5) is 0. The van der Waals surface area contributed by atoms with Gasteiger partial charge in [0.2, 0.25) is 0 Å². The monoisotopic (exact) mass is 203 g/mol. The van der Waals surface area contributed by atoms with Gasteiger partial charge >= 0.3 is 0 Å². The summed E-state index contributed by atoms with van der Waals surface area (Å²) >= 11 is 0. The fourth-order valence-corrected chi connectivity index (χ4v) is 1.18. The maximum absolute atomic E-state index is 8.95. The van der Waals surface area contributed by atoms with Crippen molar-refractivity contribution in [2.75, 3.05) is 0 Å². The smallest absolute Gasteiger partial charge is 0.138 e. The van der Waals surface area contributed by atoms with Gasteiger partial charge in [-0.15, -0.1) is 0 Å². The molecule has 0 bridgehead atoms. The highest BCUT2D eigenvalue weighted by Gasteiger charge is 2.18. The maximum atomic E-state index is 8.95. The van der Waals surface area contributed by atoms with Crippen molar-refractivity contribution < 1.29 is 4.74 Å². The summed E-state index contributed by atoms with van der Waals surface area (Å²) < 4.78 is 5.83. The third-order valence-electron chi connectivity index (χ3n) is 2.50. The standard InChI is InChI=1S/C13H17NO/c1-5-13(3,4)15-12-8-10(2)6-7-11(12)9-14/h6-8H,5H2,1-4H3. The Hall–Kier alpha value is -1.49. The van der Waals surface area contributed by atoms with Crippen LogP contribution >= 0.6 is 0 Å². The van der Waals surface area contributed by atoms with Crippen LogP contribution in [0.25, 0.3) is 0 Å². The first kappa shape index (κ1) is 11.6. The maximum Gasteiger partial charge on any atom is 0.138 e. The van der Waals surface area contributed by atoms with Crippen LogP contribution in [0.4, 0.5) is 0 Å². The molecule has 0 N–H and O–H groups in total. The van der Waals surface area contributed by atoms with Gasteiger partial charge in [-0.2, -0.15) is 5.26 Å². The second kappa shape index (κ2) is 4.35. The molecule has 0 saturated carbocycles. The molecule has 0 unspecified atom stereocenters. The normalized spacial score (nSPS) is 10.9. The molecular formula is C13H17NO. The van der Waals surface area contributed by atoms with Crippen molar-refractivity contribution in [3.05, 3.63) is 29.3 Å². The van der Waals surface area contributed by atoms with Crippen LogP contribution in [0.3, 0.4) is 0 Å². The molecule has 0 fully saturated rings. The summed E-state index contributed by atoms with van der Waals surface area (Å²) in [7, 11) is 0. The van der Waals surface area contributed by atoms with Crippen LogP contribution < -0.4 is 4.74 Å². The molecule has 0 aliphatic rings. The van der Waals surface area contributed by atoms with Crippen LogP contribution in [0.2, 0.25) is 0 Å². The van der Waals surface area contributed by atoms with Gasteiger partial charge in [-0.05, 0) is 44.9 Å². The van der Waals surface area contributed by atoms with Crippen molar-refractivity contribution in [1.29, 1.82) is 5.26 Å². The van der Waals surface area contributed by atoms with Gasteiger partial charge in [0.25, 0.3) is 0 Å². The van der Waals surface area contributed by atoms with Gasteiger partial charge in [-0.1, -0.05) is 13.0 Å². The van der Waals surface area contributed by atoms with Gasteiger partial charge in [-0.25, -0.2) is 0 Å². The van der Waals surface area contributed by atoms with Crippen molar-refractivity contribution in [2.45, 2.75) is 39.7 Å². The molecule has 0 amide bonds. The predicted molar refractivity (Wildman–Crippen MR) is 60.9 cm³/mol. The summed E-state index contributed by atoms with van der Waals surface area (Å²) in [5.41, 5.74) is 1.48. The molecule has 0 aliphatic heterocycles. The predicted octanol–water partition coefficient (Wildman–Crippen LogP) is 3.43. The van der Waals surface area contributed by atoms with E-state index in [2.05, 4.69) is 13.0 Å². The summed E-state index contributed by atoms with van der Waals surface area (Å²) in [6.45, 7) is 8.11. The van der Waals surface area contributed by atoms with E-state index in [9.17, 15) is 0 Å². The molecule has 1 aromatic rings. The number of ether oxygens (including phenoxy) is 1. The van der Waals surface area contributed by atoms with Crippen LogP contribution in [-0.4, -0.2) is 5.60 Å². The summed E-state index contributed by atoms with van der Waals surface area (Å²) in [5, 5.41) is 8.95. The third-order valence-corrected chi connectivity index (χ3v) is 2.50. The largest absolute Gasteiger partial charge is 0.486 e. The Bertz CT molecular complexity index is 388. The molecular weight excluding hydrogens is 186 g/mol. The highest BCUT2D eigenvalue weighted by atomic mass is 16.5. The van der Waals surface area contributed by atoms with Crippen LogP contribution in [-0.2, 0) is 0 Å². The minimum Gasteiger partial charge on any atom is -0.486 e. The fourth-order valence-electron chi connectivity index (χ4n) is 1.18. The molecule has 0 heterocycles. The number of nitriles is 1. The lowest BCUT2D eigenvalue weighted by Gasteiger charge is -2.25. The Morgan fingerprint density at radius 1 is 1.40 bits per heavy atom. The van der Waals surface area contributed by atoms with Gasteiger partial charge in [0.1, 0.15) is 17.4 Å². The van der Waals surface area contributed by atoms with E-state index in [1.807, 2.05) is 32.9 Å². The molecule has 0 aromatic heterocycles. The number of benzene rings is 1. The van der Waals surface area contributed by atoms with Crippen molar-refractivity contribution >= 4 is 0 Å². The van der Waals surface area contributed by atoms with Gasteiger partial charge in [0.05, 0.1) is 5.56 Å². The van der Waals surface area contributed by atoms with E-state index in [1.165, 1.54) is 0 Å². The lowest BCUT2D eigenvalue weighted by Crippen LogP contribution is -2.27. The summed E-state index contributed by atoms with van der Waals surface area (Å²) in [6.07, 6.45) is 0.909. The van der Waals surface area contributed by atoms with Crippen molar-refractivity contribution in [2.24, 2.45) is 0 Å². The van der Waals surface area contributed by atoms with Crippen LogP contribution in [0.15, 0.2) is 18.2 Å². The third kappa shape index (κ3) is 2.99. The van der Waals surface area contributed by atoms with E-state index in [1.54, 1.807) is 6.07 Å². The first-order valence-corrected chi connectivity index (χ1v) is 5.18.